The minimum atomic E-state index is -1.18. The number of nitrogens with zero attached hydrogens (tertiary/aromatic N) is 1. The number of carbonyl (C=O) groups is 3. The fourth-order valence-electron chi connectivity index (χ4n) is 4.22. The summed E-state index contributed by atoms with van der Waals surface area (Å²) in [6, 6.07) is 10.5. The predicted molar refractivity (Wildman–Crippen MR) is 108 cm³/mol. The van der Waals surface area contributed by atoms with E-state index in [-0.39, 0.29) is 6.54 Å². The Bertz CT molecular complexity index is 1010. The maximum Gasteiger partial charge on any atom is 0.325 e. The summed E-state index contributed by atoms with van der Waals surface area (Å²) in [4.78, 5) is 39.5. The SMILES string of the molecule is Cc1cc(C)c(NC(=O)CN2C(=O)N[C@]3(CCOc4ccccc43)C2=O)c(C)c1. The van der Waals surface area contributed by atoms with Crippen LogP contribution in [0.1, 0.15) is 28.7 Å². The van der Waals surface area contributed by atoms with Gasteiger partial charge in [-0.05, 0) is 38.0 Å². The van der Waals surface area contributed by atoms with E-state index in [9.17, 15) is 14.4 Å². The van der Waals surface area contributed by atoms with Gasteiger partial charge in [-0.2, -0.15) is 0 Å². The minimum Gasteiger partial charge on any atom is -0.493 e. The number of para-hydroxylation sites is 1. The summed E-state index contributed by atoms with van der Waals surface area (Å²) in [5, 5.41) is 5.65. The molecule has 4 rings (SSSR count). The number of urea groups is 1. The number of rotatable bonds is 3. The van der Waals surface area contributed by atoms with E-state index in [1.165, 1.54) is 0 Å². The second-order valence-corrected chi connectivity index (χ2v) is 7.64. The molecule has 1 spiro atoms. The number of hydrogen-bond donors (Lipinski definition) is 2. The molecule has 2 heterocycles. The maximum atomic E-state index is 13.2. The van der Waals surface area contributed by atoms with Crippen LogP contribution in [0.25, 0.3) is 0 Å². The zero-order chi connectivity index (χ0) is 20.8. The molecule has 0 unspecified atom stereocenters. The van der Waals surface area contributed by atoms with Crippen LogP contribution in [0, 0.1) is 20.8 Å². The summed E-state index contributed by atoms with van der Waals surface area (Å²) < 4.78 is 5.62. The number of benzene rings is 2. The summed E-state index contributed by atoms with van der Waals surface area (Å²) >= 11 is 0. The molecule has 29 heavy (non-hydrogen) atoms. The van der Waals surface area contributed by atoms with Gasteiger partial charge in [0, 0.05) is 17.7 Å². The van der Waals surface area contributed by atoms with Crippen molar-refractivity contribution in [1.29, 1.82) is 0 Å². The Morgan fingerprint density at radius 3 is 2.59 bits per heavy atom. The van der Waals surface area contributed by atoms with Crippen LogP contribution in [-0.2, 0) is 15.1 Å². The molecule has 4 amide bonds. The highest BCUT2D eigenvalue weighted by molar-refractivity contribution is 6.11. The lowest BCUT2D eigenvalue weighted by atomic mass is 9.84. The molecule has 1 fully saturated rings. The van der Waals surface area contributed by atoms with Gasteiger partial charge in [-0.1, -0.05) is 35.9 Å². The van der Waals surface area contributed by atoms with Crippen molar-refractivity contribution in [3.05, 3.63) is 58.7 Å². The first kappa shape index (κ1) is 19.0. The van der Waals surface area contributed by atoms with Crippen LogP contribution in [0.2, 0.25) is 0 Å². The average molecular weight is 393 g/mol. The standard InChI is InChI=1S/C22H23N3O4/c1-13-10-14(2)19(15(3)11-13)23-18(26)12-25-20(27)22(24-21(25)28)8-9-29-17-7-5-4-6-16(17)22/h4-7,10-11H,8-9,12H2,1-3H3,(H,23,26)(H,24,28)/t22-/m0/s1. The number of nitrogens with one attached hydrogen (secondary N) is 2. The van der Waals surface area contributed by atoms with Gasteiger partial charge in [-0.3, -0.25) is 14.5 Å². The van der Waals surface area contributed by atoms with Crippen molar-refractivity contribution >= 4 is 23.5 Å². The molecule has 0 aliphatic carbocycles. The van der Waals surface area contributed by atoms with Crippen molar-refractivity contribution in [3.8, 4) is 5.75 Å². The van der Waals surface area contributed by atoms with Crippen molar-refractivity contribution in [1.82, 2.24) is 10.2 Å². The Morgan fingerprint density at radius 2 is 1.86 bits per heavy atom. The molecule has 0 radical (unpaired) electrons. The molecule has 2 aliphatic heterocycles. The normalized spacial score (nSPS) is 20.3. The number of ether oxygens (including phenoxy) is 1. The summed E-state index contributed by atoms with van der Waals surface area (Å²) in [7, 11) is 0. The third kappa shape index (κ3) is 3.12. The lowest BCUT2D eigenvalue weighted by molar-refractivity contribution is -0.135. The molecule has 1 atom stereocenters. The van der Waals surface area contributed by atoms with Gasteiger partial charge in [-0.25, -0.2) is 4.79 Å². The molecule has 0 bridgehead atoms. The number of imide groups is 1. The van der Waals surface area contributed by atoms with E-state index < -0.39 is 23.4 Å². The highest BCUT2D eigenvalue weighted by Crippen LogP contribution is 2.40. The van der Waals surface area contributed by atoms with Gasteiger partial charge in [0.1, 0.15) is 12.3 Å². The van der Waals surface area contributed by atoms with Gasteiger partial charge in [0.2, 0.25) is 5.91 Å². The molecule has 2 aromatic carbocycles. The lowest BCUT2D eigenvalue weighted by Crippen LogP contribution is -2.48. The highest BCUT2D eigenvalue weighted by atomic mass is 16.5. The number of anilines is 1. The molecule has 7 heteroatoms. The van der Waals surface area contributed by atoms with Crippen LogP contribution in [-0.4, -0.2) is 35.9 Å². The molecule has 1 saturated heterocycles. The van der Waals surface area contributed by atoms with Crippen LogP contribution in [0.3, 0.4) is 0 Å². The fraction of sp³-hybridized carbons (Fsp3) is 0.318. The molecule has 150 valence electrons. The van der Waals surface area contributed by atoms with E-state index in [1.54, 1.807) is 18.2 Å². The number of hydrogen-bond acceptors (Lipinski definition) is 4. The molecule has 0 aromatic heterocycles. The fourth-order valence-corrected chi connectivity index (χ4v) is 4.22. The van der Waals surface area contributed by atoms with E-state index in [2.05, 4.69) is 10.6 Å². The Balaban J connectivity index is 1.56. The third-order valence-corrected chi connectivity index (χ3v) is 5.50. The summed E-state index contributed by atoms with van der Waals surface area (Å²) in [5.41, 5.74) is 3.12. The topological polar surface area (TPSA) is 87.7 Å². The van der Waals surface area contributed by atoms with Gasteiger partial charge in [0.25, 0.3) is 5.91 Å². The van der Waals surface area contributed by atoms with Crippen molar-refractivity contribution in [2.75, 3.05) is 18.5 Å². The molecular formula is C22H23N3O4. The quantitative estimate of drug-likeness (QED) is 0.785. The van der Waals surface area contributed by atoms with Crippen LogP contribution >= 0.6 is 0 Å². The van der Waals surface area contributed by atoms with Crippen molar-refractivity contribution in [3.63, 3.8) is 0 Å². The van der Waals surface area contributed by atoms with E-state index in [0.717, 1.165) is 21.6 Å². The number of aryl methyl sites for hydroxylation is 3. The highest BCUT2D eigenvalue weighted by Gasteiger charge is 2.55. The lowest BCUT2D eigenvalue weighted by Gasteiger charge is -2.33. The third-order valence-electron chi connectivity index (χ3n) is 5.50. The molecule has 2 aliphatic rings. The van der Waals surface area contributed by atoms with Crippen molar-refractivity contribution < 1.29 is 19.1 Å². The summed E-state index contributed by atoms with van der Waals surface area (Å²) in [5.74, 6) is -0.267. The van der Waals surface area contributed by atoms with Gasteiger partial charge in [0.05, 0.1) is 6.61 Å². The van der Waals surface area contributed by atoms with Gasteiger partial charge < -0.3 is 15.4 Å². The van der Waals surface area contributed by atoms with Crippen molar-refractivity contribution in [2.24, 2.45) is 0 Å². The van der Waals surface area contributed by atoms with Crippen LogP contribution < -0.4 is 15.4 Å². The number of fused-ring (bicyclic) bond motifs is 2. The van der Waals surface area contributed by atoms with E-state index in [0.29, 0.717) is 30.0 Å². The molecule has 2 aromatic rings. The largest absolute Gasteiger partial charge is 0.493 e. The molecule has 7 nitrogen and oxygen atoms in total. The predicted octanol–water partition coefficient (Wildman–Crippen LogP) is 2.78. The molecule has 0 saturated carbocycles. The number of carbonyl (C=O) groups excluding carboxylic acids is 3. The van der Waals surface area contributed by atoms with Crippen LogP contribution in [0.15, 0.2) is 36.4 Å². The molecular weight excluding hydrogens is 370 g/mol. The molecule has 2 N–H and O–H groups in total. The zero-order valence-electron chi connectivity index (χ0n) is 16.7. The summed E-state index contributed by atoms with van der Waals surface area (Å²) in [6.45, 7) is 5.78. The number of amides is 4. The summed E-state index contributed by atoms with van der Waals surface area (Å²) in [6.07, 6.45) is 0.322. The monoisotopic (exact) mass is 393 g/mol. The first-order chi connectivity index (χ1) is 13.8. The van der Waals surface area contributed by atoms with E-state index in [4.69, 9.17) is 4.74 Å². The van der Waals surface area contributed by atoms with E-state index in [1.807, 2.05) is 39.0 Å². The van der Waals surface area contributed by atoms with E-state index >= 15 is 0 Å². The minimum absolute atomic E-state index is 0.310. The maximum absolute atomic E-state index is 13.2. The van der Waals surface area contributed by atoms with Crippen LogP contribution in [0.5, 0.6) is 5.75 Å². The van der Waals surface area contributed by atoms with Gasteiger partial charge in [-0.15, -0.1) is 0 Å². The van der Waals surface area contributed by atoms with Gasteiger partial charge >= 0.3 is 6.03 Å². The first-order valence-corrected chi connectivity index (χ1v) is 9.56. The Labute approximate surface area is 169 Å². The Kier molecular flexibility index (Phi) is 4.53. The van der Waals surface area contributed by atoms with Crippen LogP contribution in [0.4, 0.5) is 10.5 Å². The second kappa shape index (κ2) is 6.92. The second-order valence-electron chi connectivity index (χ2n) is 7.64. The Morgan fingerprint density at radius 1 is 1.17 bits per heavy atom. The zero-order valence-corrected chi connectivity index (χ0v) is 16.7. The van der Waals surface area contributed by atoms with Gasteiger partial charge in [0.15, 0.2) is 5.54 Å². The first-order valence-electron chi connectivity index (χ1n) is 9.56. The average Bonchev–Trinajstić information content (AvgIpc) is 2.90. The van der Waals surface area contributed by atoms with Crippen molar-refractivity contribution in [2.45, 2.75) is 32.7 Å². The Hall–Kier alpha value is -3.35. The smallest absolute Gasteiger partial charge is 0.325 e.